The number of fused-ring (bicyclic) bond motifs is 3. The first-order chi connectivity index (χ1) is 18.0. The Labute approximate surface area is 221 Å². The average molecular weight is 536 g/mol. The van der Waals surface area contributed by atoms with E-state index in [2.05, 4.69) is 4.90 Å². The van der Waals surface area contributed by atoms with E-state index in [1.54, 1.807) is 6.07 Å². The number of esters is 1. The average Bonchev–Trinajstić information content (AvgIpc) is 2.88. The predicted octanol–water partition coefficient (Wildman–Crippen LogP) is 4.65. The van der Waals surface area contributed by atoms with Gasteiger partial charge < -0.3 is 19.7 Å². The number of methoxy groups -OCH3 is 1. The van der Waals surface area contributed by atoms with Crippen molar-refractivity contribution in [3.8, 4) is 0 Å². The second kappa shape index (κ2) is 11.3. The summed E-state index contributed by atoms with van der Waals surface area (Å²) in [6, 6.07) is 10.5. The lowest BCUT2D eigenvalue weighted by Gasteiger charge is -2.48. The van der Waals surface area contributed by atoms with Crippen molar-refractivity contribution < 1.29 is 37.7 Å². The summed E-state index contributed by atoms with van der Waals surface area (Å²) in [4.78, 5) is 15.8. The number of halogens is 3. The number of aliphatic hydroxyl groups excluding tert-OH is 2. The van der Waals surface area contributed by atoms with E-state index in [4.69, 9.17) is 9.47 Å². The zero-order valence-corrected chi connectivity index (χ0v) is 22.0. The molecular weight excluding hydrogens is 499 g/mol. The fourth-order valence-corrected chi connectivity index (χ4v) is 6.11. The van der Waals surface area contributed by atoms with Crippen molar-refractivity contribution in [1.82, 2.24) is 4.90 Å². The maximum absolute atomic E-state index is 14.5. The lowest BCUT2D eigenvalue weighted by molar-refractivity contribution is -0.280. The van der Waals surface area contributed by atoms with Crippen LogP contribution in [0.25, 0.3) is 0 Å². The van der Waals surface area contributed by atoms with Crippen LogP contribution in [-0.2, 0) is 39.5 Å². The Morgan fingerprint density at radius 2 is 1.76 bits per heavy atom. The third-order valence-electron chi connectivity index (χ3n) is 7.93. The van der Waals surface area contributed by atoms with E-state index < -0.39 is 23.9 Å². The van der Waals surface area contributed by atoms with Gasteiger partial charge in [-0.3, -0.25) is 4.90 Å². The van der Waals surface area contributed by atoms with Crippen LogP contribution in [0.15, 0.2) is 42.5 Å². The highest BCUT2D eigenvalue weighted by Crippen LogP contribution is 2.46. The normalized spacial score (nSPS) is 23.4. The molecule has 0 saturated carbocycles. The van der Waals surface area contributed by atoms with Gasteiger partial charge in [0, 0.05) is 44.1 Å². The highest BCUT2D eigenvalue weighted by molar-refractivity contribution is 5.83. The van der Waals surface area contributed by atoms with Gasteiger partial charge in [-0.25, -0.2) is 4.79 Å². The van der Waals surface area contributed by atoms with Gasteiger partial charge in [0.05, 0.1) is 13.2 Å². The number of benzene rings is 2. The number of hydrogen-bond acceptors (Lipinski definition) is 6. The maximum Gasteiger partial charge on any atom is 0.432 e. The minimum absolute atomic E-state index is 0.149. The van der Waals surface area contributed by atoms with Crippen LogP contribution < -0.4 is 0 Å². The number of carbonyl (C=O) groups is 1. The topological polar surface area (TPSA) is 79.2 Å². The molecule has 1 fully saturated rings. The zero-order valence-electron chi connectivity index (χ0n) is 22.0. The first-order valence-corrected chi connectivity index (χ1v) is 13.0. The molecular formula is C29H36F3NO5. The Morgan fingerprint density at radius 3 is 2.34 bits per heavy atom. The van der Waals surface area contributed by atoms with Gasteiger partial charge in [0.15, 0.2) is 0 Å². The largest absolute Gasteiger partial charge is 0.459 e. The smallest absolute Gasteiger partial charge is 0.432 e. The lowest BCUT2D eigenvalue weighted by Crippen LogP contribution is -2.55. The molecule has 0 radical (unpaired) electrons. The summed E-state index contributed by atoms with van der Waals surface area (Å²) >= 11 is 0. The summed E-state index contributed by atoms with van der Waals surface area (Å²) in [5.74, 6) is -1.36. The molecule has 0 aromatic heterocycles. The molecule has 208 valence electrons. The lowest BCUT2D eigenvalue weighted by atomic mass is 9.78. The molecule has 2 aromatic rings. The summed E-state index contributed by atoms with van der Waals surface area (Å²) in [7, 11) is 0.877. The van der Waals surface area contributed by atoms with E-state index in [9.17, 15) is 28.2 Å². The molecule has 0 spiro atoms. The molecule has 2 aliphatic rings. The Hall–Kier alpha value is -2.46. The van der Waals surface area contributed by atoms with Crippen LogP contribution in [0, 0.1) is 11.8 Å². The van der Waals surface area contributed by atoms with Gasteiger partial charge in [0.1, 0.15) is 6.10 Å². The van der Waals surface area contributed by atoms with Gasteiger partial charge >= 0.3 is 12.1 Å². The maximum atomic E-state index is 14.5. The number of aliphatic hydroxyl groups is 2. The first-order valence-electron chi connectivity index (χ1n) is 13.0. The van der Waals surface area contributed by atoms with Crippen LogP contribution in [0.2, 0.25) is 0 Å². The number of rotatable bonds is 8. The van der Waals surface area contributed by atoms with Gasteiger partial charge in [-0.1, -0.05) is 56.3 Å². The van der Waals surface area contributed by atoms with Crippen LogP contribution in [0.5, 0.6) is 0 Å². The van der Waals surface area contributed by atoms with Crippen LogP contribution in [0.4, 0.5) is 13.2 Å². The third kappa shape index (κ3) is 5.21. The van der Waals surface area contributed by atoms with Gasteiger partial charge in [-0.05, 0) is 41.0 Å². The standard InChI is InChI=1S/C29H36F3NO5/c1-18(2)11-20-15-33-10-9-19-12-21(16-34)22(17-35)13-24(19)25(33)14-26(20)38-27(36)28(37-3,29(30,31)32)23-7-5-4-6-8-23/h4-8,12-13,18,20,25-26,34-35H,9-11,14-17H2,1-3H3/t20-,25+,26-,28?/m0/s1. The van der Waals surface area contributed by atoms with E-state index in [1.165, 1.54) is 24.3 Å². The molecule has 2 aromatic carbocycles. The van der Waals surface area contributed by atoms with Crippen molar-refractivity contribution in [2.45, 2.75) is 70.2 Å². The van der Waals surface area contributed by atoms with Crippen LogP contribution in [0.1, 0.15) is 60.5 Å². The molecule has 6 nitrogen and oxygen atoms in total. The number of piperidine rings is 1. The highest BCUT2D eigenvalue weighted by atomic mass is 19.4. The molecule has 38 heavy (non-hydrogen) atoms. The van der Waals surface area contributed by atoms with E-state index in [-0.39, 0.29) is 36.7 Å². The first kappa shape index (κ1) is 28.5. The Balaban J connectivity index is 1.70. The quantitative estimate of drug-likeness (QED) is 0.479. The molecule has 2 N–H and O–H groups in total. The molecule has 1 unspecified atom stereocenters. The zero-order chi connectivity index (χ0) is 27.7. The number of alkyl halides is 3. The number of hydrogen-bond donors (Lipinski definition) is 2. The molecule has 2 heterocycles. The van der Waals surface area contributed by atoms with E-state index in [0.29, 0.717) is 30.5 Å². The Kier molecular flexibility index (Phi) is 8.52. The number of carbonyl (C=O) groups excluding carboxylic acids is 1. The monoisotopic (exact) mass is 535 g/mol. The van der Waals surface area contributed by atoms with Crippen LogP contribution >= 0.6 is 0 Å². The fourth-order valence-electron chi connectivity index (χ4n) is 6.11. The van der Waals surface area contributed by atoms with Crippen LogP contribution in [0.3, 0.4) is 0 Å². The molecule has 1 saturated heterocycles. The second-order valence-corrected chi connectivity index (χ2v) is 10.7. The van der Waals surface area contributed by atoms with Gasteiger partial charge in [-0.15, -0.1) is 0 Å². The van der Waals surface area contributed by atoms with Crippen molar-refractivity contribution in [2.75, 3.05) is 20.2 Å². The van der Waals surface area contributed by atoms with Gasteiger partial charge in [0.25, 0.3) is 5.60 Å². The third-order valence-corrected chi connectivity index (χ3v) is 7.93. The molecule has 4 atom stereocenters. The molecule has 0 bridgehead atoms. The summed E-state index contributed by atoms with van der Waals surface area (Å²) in [6.45, 7) is 4.99. The molecule has 2 aliphatic heterocycles. The fraction of sp³-hybridized carbons (Fsp3) is 0.552. The predicted molar refractivity (Wildman–Crippen MR) is 135 cm³/mol. The minimum Gasteiger partial charge on any atom is -0.459 e. The van der Waals surface area contributed by atoms with Crippen molar-refractivity contribution >= 4 is 5.97 Å². The summed E-state index contributed by atoms with van der Waals surface area (Å²) in [5, 5.41) is 19.6. The van der Waals surface area contributed by atoms with Crippen molar-refractivity contribution in [2.24, 2.45) is 11.8 Å². The molecule has 9 heteroatoms. The van der Waals surface area contributed by atoms with Gasteiger partial charge in [-0.2, -0.15) is 13.2 Å². The van der Waals surface area contributed by atoms with Gasteiger partial charge in [0.2, 0.25) is 0 Å². The highest BCUT2D eigenvalue weighted by Gasteiger charge is 2.64. The van der Waals surface area contributed by atoms with Crippen molar-refractivity contribution in [3.05, 3.63) is 70.3 Å². The number of ether oxygens (including phenoxy) is 2. The van der Waals surface area contributed by atoms with Crippen molar-refractivity contribution in [3.63, 3.8) is 0 Å². The van der Waals surface area contributed by atoms with E-state index in [0.717, 1.165) is 31.2 Å². The summed E-state index contributed by atoms with van der Waals surface area (Å²) in [5.41, 5.74) is -0.299. The minimum atomic E-state index is -5.04. The SMILES string of the molecule is COC(C(=O)O[C@H]1C[C@@H]2c3cc(CO)c(CO)cc3CCN2C[C@@H]1CC(C)C)(c1ccccc1)C(F)(F)F. The summed E-state index contributed by atoms with van der Waals surface area (Å²) in [6.07, 6.45) is -4.02. The molecule has 0 aliphatic carbocycles. The number of nitrogens with zero attached hydrogens (tertiary/aromatic N) is 1. The van der Waals surface area contributed by atoms with E-state index in [1.807, 2.05) is 26.0 Å². The Morgan fingerprint density at radius 1 is 1.11 bits per heavy atom. The summed E-state index contributed by atoms with van der Waals surface area (Å²) < 4.78 is 54.3. The Bertz CT molecular complexity index is 1120. The molecule has 0 amide bonds. The second-order valence-electron chi connectivity index (χ2n) is 10.7. The van der Waals surface area contributed by atoms with Crippen molar-refractivity contribution in [1.29, 1.82) is 0 Å². The van der Waals surface area contributed by atoms with Crippen LogP contribution in [-0.4, -0.2) is 53.6 Å². The molecule has 4 rings (SSSR count). The van der Waals surface area contributed by atoms with E-state index >= 15 is 0 Å².